The van der Waals surface area contributed by atoms with Crippen molar-refractivity contribution in [3.05, 3.63) is 81.7 Å². The normalized spacial score (nSPS) is 10.8. The Bertz CT molecular complexity index is 1250. The van der Waals surface area contributed by atoms with Crippen molar-refractivity contribution in [2.24, 2.45) is 0 Å². The molecule has 4 rings (SSSR count). The number of rotatable bonds is 4. The van der Waals surface area contributed by atoms with Gasteiger partial charge in [-0.2, -0.15) is 0 Å². The molecule has 154 valence electrons. The maximum Gasteiger partial charge on any atom is 0.269 e. The van der Waals surface area contributed by atoms with Crippen LogP contribution < -0.4 is 9.93 Å². The van der Waals surface area contributed by atoms with Gasteiger partial charge in [-0.25, -0.2) is 4.58 Å². The molecule has 5 heteroatoms. The Morgan fingerprint density at radius 3 is 2.27 bits per heavy atom. The minimum absolute atomic E-state index is 0. The molecule has 1 heterocycles. The third-order valence-electron chi connectivity index (χ3n) is 5.36. The van der Waals surface area contributed by atoms with Gasteiger partial charge in [0.05, 0.1) is 11.0 Å². The molecule has 0 saturated carbocycles. The Morgan fingerprint density at radius 2 is 1.63 bits per heavy atom. The van der Waals surface area contributed by atoms with Gasteiger partial charge in [-0.15, -0.1) is 0 Å². The number of aryl methyl sites for hydroxylation is 1. The van der Waals surface area contributed by atoms with Crippen molar-refractivity contribution in [1.82, 2.24) is 4.58 Å². The first-order chi connectivity index (χ1) is 14.0. The Labute approximate surface area is 176 Å². The molecule has 0 atom stereocenters. The summed E-state index contributed by atoms with van der Waals surface area (Å²) in [4.78, 5) is 10.7. The van der Waals surface area contributed by atoms with Gasteiger partial charge < -0.3 is 4.42 Å². The molecule has 0 saturated heterocycles. The second-order valence-electron chi connectivity index (χ2n) is 7.13. The maximum absolute atomic E-state index is 11.1. The van der Waals surface area contributed by atoms with E-state index in [9.17, 15) is 10.1 Å². The van der Waals surface area contributed by atoms with E-state index < -0.39 is 0 Å². The smallest absolute Gasteiger partial charge is 0.269 e. The van der Waals surface area contributed by atoms with Crippen LogP contribution >= 0.6 is 0 Å². The lowest BCUT2D eigenvalue weighted by Crippen LogP contribution is -2.29. The van der Waals surface area contributed by atoms with E-state index in [-0.39, 0.29) is 18.0 Å². The van der Waals surface area contributed by atoms with Crippen LogP contribution in [0.4, 0.5) is 5.69 Å². The molecule has 0 unspecified atom stereocenters. The van der Waals surface area contributed by atoms with Crippen LogP contribution in [0.1, 0.15) is 26.8 Å². The standard InChI is InChI=1S/C24H23N2O3.CH4/c1-4-25(5-2)19-11-13-21-23(15-19)29-22-14-16(3)6-12-20(22)24(21)17-7-9-18(10-8-17)26(27)28;/h6-15H,4-5H2,1-3H3;1H4/q+1;. The van der Waals surface area contributed by atoms with Crippen LogP contribution in [0.25, 0.3) is 33.4 Å². The number of nitro benzene ring substituents is 1. The summed E-state index contributed by atoms with van der Waals surface area (Å²) in [6, 6.07) is 19.2. The average molecular weight is 404 g/mol. The summed E-state index contributed by atoms with van der Waals surface area (Å²) in [5.74, 6) is 0.806. The summed E-state index contributed by atoms with van der Waals surface area (Å²) < 4.78 is 8.57. The summed E-state index contributed by atoms with van der Waals surface area (Å²) in [6.45, 7) is 8.15. The van der Waals surface area contributed by atoms with Crippen molar-refractivity contribution < 1.29 is 9.34 Å². The Morgan fingerprint density at radius 1 is 0.933 bits per heavy atom. The fourth-order valence-corrected chi connectivity index (χ4v) is 3.83. The summed E-state index contributed by atoms with van der Waals surface area (Å²) in [5, 5.41) is 13.2. The first-order valence-corrected chi connectivity index (χ1v) is 9.81. The monoisotopic (exact) mass is 403 g/mol. The van der Waals surface area contributed by atoms with E-state index in [4.69, 9.17) is 4.42 Å². The molecule has 0 fully saturated rings. The average Bonchev–Trinajstić information content (AvgIpc) is 2.72. The van der Waals surface area contributed by atoms with Crippen molar-refractivity contribution in [2.75, 3.05) is 13.1 Å². The minimum atomic E-state index is -0.375. The van der Waals surface area contributed by atoms with Gasteiger partial charge in [-0.1, -0.05) is 19.6 Å². The van der Waals surface area contributed by atoms with Crippen LogP contribution in [0.3, 0.4) is 0 Å². The van der Waals surface area contributed by atoms with E-state index in [0.717, 1.165) is 57.4 Å². The van der Waals surface area contributed by atoms with E-state index >= 15 is 0 Å². The summed E-state index contributed by atoms with van der Waals surface area (Å²) >= 11 is 0. The number of nitrogens with zero attached hydrogens (tertiary/aromatic N) is 2. The fourth-order valence-electron chi connectivity index (χ4n) is 3.83. The molecular weight excluding hydrogens is 376 g/mol. The largest absolute Gasteiger partial charge is 0.456 e. The highest BCUT2D eigenvalue weighted by atomic mass is 16.6. The Balaban J connectivity index is 0.00000256. The van der Waals surface area contributed by atoms with E-state index in [1.165, 1.54) is 0 Å². The van der Waals surface area contributed by atoms with Crippen molar-refractivity contribution in [3.8, 4) is 22.5 Å². The zero-order chi connectivity index (χ0) is 20.5. The van der Waals surface area contributed by atoms with Gasteiger partial charge in [0.2, 0.25) is 5.36 Å². The number of benzene rings is 3. The van der Waals surface area contributed by atoms with Crippen LogP contribution in [-0.4, -0.2) is 18.0 Å². The van der Waals surface area contributed by atoms with Gasteiger partial charge in [0, 0.05) is 34.7 Å². The van der Waals surface area contributed by atoms with Gasteiger partial charge in [0.1, 0.15) is 24.4 Å². The molecular formula is C25H27N2O3+. The number of fused-ring (bicyclic) bond motifs is 2. The van der Waals surface area contributed by atoms with Gasteiger partial charge >= 0.3 is 0 Å². The zero-order valence-electron chi connectivity index (χ0n) is 16.8. The SMILES string of the molecule is C.CC[N+](CC)=c1ccc2c(-c3ccc([N+](=O)[O-])cc3)c3ccc(C)cc3oc-2c1. The summed E-state index contributed by atoms with van der Waals surface area (Å²) in [7, 11) is 0. The maximum atomic E-state index is 11.1. The summed E-state index contributed by atoms with van der Waals surface area (Å²) in [5.41, 5.74) is 4.97. The molecule has 2 aromatic carbocycles. The van der Waals surface area contributed by atoms with Crippen molar-refractivity contribution in [3.63, 3.8) is 0 Å². The van der Waals surface area contributed by atoms with Gasteiger partial charge in [0.25, 0.3) is 5.69 Å². The van der Waals surface area contributed by atoms with E-state index in [0.29, 0.717) is 0 Å². The first-order valence-electron chi connectivity index (χ1n) is 9.81. The molecule has 30 heavy (non-hydrogen) atoms. The van der Waals surface area contributed by atoms with E-state index in [1.807, 2.05) is 25.1 Å². The lowest BCUT2D eigenvalue weighted by atomic mass is 9.93. The van der Waals surface area contributed by atoms with Gasteiger partial charge in [-0.3, -0.25) is 10.1 Å². The number of hydrogen-bond donors (Lipinski definition) is 0. The highest BCUT2D eigenvalue weighted by molar-refractivity contribution is 6.01. The van der Waals surface area contributed by atoms with Crippen LogP contribution in [0.5, 0.6) is 0 Å². The molecule has 0 bridgehead atoms. The molecule has 1 aliphatic carbocycles. The molecule has 2 aliphatic rings. The molecule has 1 aliphatic heterocycles. The predicted octanol–water partition coefficient (Wildman–Crippen LogP) is 5.87. The molecule has 0 radical (unpaired) electrons. The molecule has 5 nitrogen and oxygen atoms in total. The third kappa shape index (κ3) is 3.71. The van der Waals surface area contributed by atoms with Crippen molar-refractivity contribution in [2.45, 2.75) is 28.2 Å². The van der Waals surface area contributed by atoms with Gasteiger partial charge in [0.15, 0.2) is 0 Å². The zero-order valence-corrected chi connectivity index (χ0v) is 16.8. The predicted molar refractivity (Wildman–Crippen MR) is 123 cm³/mol. The third-order valence-corrected chi connectivity index (χ3v) is 5.36. The quantitative estimate of drug-likeness (QED) is 0.185. The molecule has 0 spiro atoms. The topological polar surface area (TPSA) is 59.3 Å². The highest BCUT2D eigenvalue weighted by Crippen LogP contribution is 2.40. The Kier molecular flexibility index (Phi) is 6.01. The lowest BCUT2D eigenvalue weighted by Gasteiger charge is -2.15. The molecule has 0 amide bonds. The molecule has 0 N–H and O–H groups in total. The fraction of sp³-hybridized carbons (Fsp3) is 0.240. The van der Waals surface area contributed by atoms with Crippen LogP contribution in [0.15, 0.2) is 65.1 Å². The highest BCUT2D eigenvalue weighted by Gasteiger charge is 2.19. The molecule has 0 aromatic heterocycles. The Hall–Kier alpha value is -3.47. The van der Waals surface area contributed by atoms with Gasteiger partial charge in [-0.05, 0) is 56.2 Å². The van der Waals surface area contributed by atoms with Crippen LogP contribution in [0.2, 0.25) is 0 Å². The van der Waals surface area contributed by atoms with E-state index in [1.54, 1.807) is 12.1 Å². The van der Waals surface area contributed by atoms with Crippen molar-refractivity contribution in [1.29, 1.82) is 0 Å². The second kappa shape index (κ2) is 8.49. The number of non-ortho nitro benzene ring substituents is 1. The van der Waals surface area contributed by atoms with E-state index in [2.05, 4.69) is 48.8 Å². The van der Waals surface area contributed by atoms with Crippen molar-refractivity contribution >= 4 is 16.7 Å². The molecule has 2 aromatic rings. The number of nitro groups is 1. The first kappa shape index (κ1) is 21.2. The second-order valence-corrected chi connectivity index (χ2v) is 7.13. The number of hydrogen-bond acceptors (Lipinski definition) is 3. The van der Waals surface area contributed by atoms with Crippen LogP contribution in [0, 0.1) is 17.0 Å². The minimum Gasteiger partial charge on any atom is -0.456 e. The summed E-state index contributed by atoms with van der Waals surface area (Å²) in [6.07, 6.45) is 0. The lowest BCUT2D eigenvalue weighted by molar-refractivity contribution is -0.384. The van der Waals surface area contributed by atoms with Crippen LogP contribution in [-0.2, 0) is 0 Å².